The van der Waals surface area contributed by atoms with Gasteiger partial charge in [-0.2, -0.15) is 0 Å². The van der Waals surface area contributed by atoms with Crippen LogP contribution in [0, 0.1) is 0 Å². The highest BCUT2D eigenvalue weighted by atomic mass is 32.2. The lowest BCUT2D eigenvalue weighted by molar-refractivity contribution is -0.120. The summed E-state index contributed by atoms with van der Waals surface area (Å²) in [6.45, 7) is 4.80. The first-order valence-electron chi connectivity index (χ1n) is 10.1. The van der Waals surface area contributed by atoms with Crippen molar-refractivity contribution >= 4 is 17.7 Å². The first-order chi connectivity index (χ1) is 13.2. The Balaban J connectivity index is 1.36. The molecule has 0 spiro atoms. The van der Waals surface area contributed by atoms with Crippen molar-refractivity contribution in [2.45, 2.75) is 74.2 Å². The lowest BCUT2D eigenvalue weighted by atomic mass is 9.96. The Hall–Kier alpha value is -1.82. The van der Waals surface area contributed by atoms with Crippen LogP contribution in [0.3, 0.4) is 0 Å². The molecule has 0 aliphatic heterocycles. The lowest BCUT2D eigenvalue weighted by Crippen LogP contribution is -2.34. The van der Waals surface area contributed by atoms with Crippen LogP contribution in [-0.2, 0) is 4.79 Å². The van der Waals surface area contributed by atoms with E-state index in [1.54, 1.807) is 11.8 Å². The second-order valence-electron chi connectivity index (χ2n) is 7.74. The van der Waals surface area contributed by atoms with Gasteiger partial charge >= 0.3 is 0 Å². The molecule has 0 unspecified atom stereocenters. The maximum atomic E-state index is 12.7. The van der Waals surface area contributed by atoms with E-state index in [4.69, 9.17) is 0 Å². The number of hydrogen-bond donors (Lipinski definition) is 1. The molecule has 144 valence electrons. The summed E-state index contributed by atoms with van der Waals surface area (Å²) in [5.41, 5.74) is 1.28. The summed E-state index contributed by atoms with van der Waals surface area (Å²) in [5.74, 6) is 2.16. The predicted molar refractivity (Wildman–Crippen MR) is 108 cm³/mol. The van der Waals surface area contributed by atoms with E-state index in [0.29, 0.717) is 24.4 Å². The fourth-order valence-corrected chi connectivity index (χ4v) is 4.42. The minimum atomic E-state index is -0.174. The Labute approximate surface area is 165 Å². The van der Waals surface area contributed by atoms with Crippen molar-refractivity contribution in [3.05, 3.63) is 41.7 Å². The van der Waals surface area contributed by atoms with Crippen LogP contribution in [0.25, 0.3) is 0 Å². The zero-order valence-corrected chi connectivity index (χ0v) is 16.9. The summed E-state index contributed by atoms with van der Waals surface area (Å²) >= 11 is 1.55. The van der Waals surface area contributed by atoms with Gasteiger partial charge in [-0.15, -0.1) is 10.2 Å². The molecule has 2 aliphatic rings. The van der Waals surface area contributed by atoms with Crippen molar-refractivity contribution in [3.63, 3.8) is 0 Å². The van der Waals surface area contributed by atoms with Crippen LogP contribution >= 0.6 is 11.8 Å². The number of thioether (sulfide) groups is 1. The summed E-state index contributed by atoms with van der Waals surface area (Å²) in [7, 11) is 0. The van der Waals surface area contributed by atoms with Gasteiger partial charge in [-0.3, -0.25) is 4.79 Å². The van der Waals surface area contributed by atoms with Crippen LogP contribution in [-0.4, -0.2) is 32.5 Å². The standard InChI is InChI=1S/C21H28N4OS/c1-3-15(16-7-5-4-6-8-16)13-22-20(26)14(2)27-21-24-23-19(17-9-10-17)25(21)18-11-12-18/h4-8,14-15,17-18H,3,9-13H2,1-2H3,(H,22,26)/t14-,15-/m1/s1. The molecule has 6 heteroatoms. The zero-order valence-electron chi connectivity index (χ0n) is 16.1. The minimum Gasteiger partial charge on any atom is -0.355 e. The molecule has 1 aromatic heterocycles. The highest BCUT2D eigenvalue weighted by Gasteiger charge is 2.37. The molecule has 0 saturated heterocycles. The number of amides is 1. The Morgan fingerprint density at radius 3 is 2.59 bits per heavy atom. The number of carbonyl (C=O) groups is 1. The lowest BCUT2D eigenvalue weighted by Gasteiger charge is -2.18. The van der Waals surface area contributed by atoms with Gasteiger partial charge in [-0.05, 0) is 44.6 Å². The second kappa shape index (κ2) is 8.05. The molecule has 2 aromatic rings. The third-order valence-corrected chi connectivity index (χ3v) is 6.54. The Kier molecular flexibility index (Phi) is 5.53. The zero-order chi connectivity index (χ0) is 18.8. The molecule has 0 radical (unpaired) electrons. The van der Waals surface area contributed by atoms with Crippen molar-refractivity contribution in [1.29, 1.82) is 0 Å². The number of nitrogens with zero attached hydrogens (tertiary/aromatic N) is 3. The number of nitrogens with one attached hydrogen (secondary N) is 1. The maximum Gasteiger partial charge on any atom is 0.233 e. The average molecular weight is 385 g/mol. The molecular formula is C21H28N4OS. The van der Waals surface area contributed by atoms with Crippen LogP contribution in [0.15, 0.2) is 35.5 Å². The van der Waals surface area contributed by atoms with Gasteiger partial charge in [0.1, 0.15) is 5.82 Å². The van der Waals surface area contributed by atoms with Crippen molar-refractivity contribution in [2.24, 2.45) is 0 Å². The third-order valence-electron chi connectivity index (χ3n) is 5.48. The van der Waals surface area contributed by atoms with Crippen molar-refractivity contribution in [1.82, 2.24) is 20.1 Å². The van der Waals surface area contributed by atoms with Crippen LogP contribution < -0.4 is 5.32 Å². The van der Waals surface area contributed by atoms with Gasteiger partial charge in [0.05, 0.1) is 5.25 Å². The van der Waals surface area contributed by atoms with Crippen LogP contribution in [0.1, 0.15) is 75.2 Å². The van der Waals surface area contributed by atoms with Gasteiger partial charge < -0.3 is 9.88 Å². The van der Waals surface area contributed by atoms with E-state index in [1.807, 2.05) is 13.0 Å². The third kappa shape index (κ3) is 4.37. The summed E-state index contributed by atoms with van der Waals surface area (Å²) in [4.78, 5) is 12.7. The van der Waals surface area contributed by atoms with E-state index < -0.39 is 0 Å². The number of rotatable bonds is 9. The van der Waals surface area contributed by atoms with Gasteiger partial charge in [0.2, 0.25) is 5.91 Å². The molecule has 0 bridgehead atoms. The average Bonchev–Trinajstić information content (AvgIpc) is 3.62. The number of carbonyl (C=O) groups excluding carboxylic acids is 1. The highest BCUT2D eigenvalue weighted by molar-refractivity contribution is 8.00. The van der Waals surface area contributed by atoms with Gasteiger partial charge in [-0.25, -0.2) is 0 Å². The molecule has 1 N–H and O–H groups in total. The summed E-state index contributed by atoms with van der Waals surface area (Å²) < 4.78 is 2.31. The molecule has 2 atom stereocenters. The first kappa shape index (κ1) is 18.5. The van der Waals surface area contributed by atoms with Crippen LogP contribution in [0.4, 0.5) is 0 Å². The van der Waals surface area contributed by atoms with Crippen molar-refractivity contribution < 1.29 is 4.79 Å². The highest BCUT2D eigenvalue weighted by Crippen LogP contribution is 2.46. The molecule has 2 aliphatic carbocycles. The molecule has 1 aromatic carbocycles. The summed E-state index contributed by atoms with van der Waals surface area (Å²) in [6.07, 6.45) is 5.88. The number of benzene rings is 1. The van der Waals surface area contributed by atoms with E-state index in [2.05, 4.69) is 51.3 Å². The number of hydrogen-bond acceptors (Lipinski definition) is 4. The monoisotopic (exact) mass is 384 g/mol. The fraction of sp³-hybridized carbons (Fsp3) is 0.571. The fourth-order valence-electron chi connectivity index (χ4n) is 3.47. The van der Waals surface area contributed by atoms with Gasteiger partial charge in [0, 0.05) is 24.4 Å². The molecule has 5 nitrogen and oxygen atoms in total. The molecular weight excluding hydrogens is 356 g/mol. The van der Waals surface area contributed by atoms with Gasteiger partial charge in [0.25, 0.3) is 0 Å². The molecule has 2 fully saturated rings. The van der Waals surface area contributed by atoms with Crippen LogP contribution in [0.5, 0.6) is 0 Å². The number of aromatic nitrogens is 3. The van der Waals surface area contributed by atoms with E-state index >= 15 is 0 Å². The largest absolute Gasteiger partial charge is 0.355 e. The Bertz CT molecular complexity index is 783. The van der Waals surface area contributed by atoms with Gasteiger partial charge in [0.15, 0.2) is 5.16 Å². The quantitative estimate of drug-likeness (QED) is 0.656. The summed E-state index contributed by atoms with van der Waals surface area (Å²) in [6, 6.07) is 11.0. The molecule has 27 heavy (non-hydrogen) atoms. The normalized spacial score (nSPS) is 18.9. The van der Waals surface area contributed by atoms with E-state index in [1.165, 1.54) is 31.2 Å². The topological polar surface area (TPSA) is 59.8 Å². The second-order valence-corrected chi connectivity index (χ2v) is 9.05. The SMILES string of the molecule is CC[C@H](CNC(=O)[C@@H](C)Sc1nnc(C2CC2)n1C1CC1)c1ccccc1. The van der Waals surface area contributed by atoms with Crippen LogP contribution in [0.2, 0.25) is 0 Å². The Morgan fingerprint density at radius 2 is 1.96 bits per heavy atom. The molecule has 4 rings (SSSR count). The molecule has 1 heterocycles. The minimum absolute atomic E-state index is 0.0766. The van der Waals surface area contributed by atoms with E-state index in [9.17, 15) is 4.79 Å². The first-order valence-corrected chi connectivity index (χ1v) is 11.0. The smallest absolute Gasteiger partial charge is 0.233 e. The molecule has 1 amide bonds. The van der Waals surface area contributed by atoms with E-state index in [-0.39, 0.29) is 11.2 Å². The summed E-state index contributed by atoms with van der Waals surface area (Å²) in [5, 5.41) is 12.7. The van der Waals surface area contributed by atoms with Gasteiger partial charge in [-0.1, -0.05) is 49.0 Å². The van der Waals surface area contributed by atoms with Crippen molar-refractivity contribution in [3.8, 4) is 0 Å². The molecule has 2 saturated carbocycles. The van der Waals surface area contributed by atoms with E-state index in [0.717, 1.165) is 17.4 Å². The predicted octanol–water partition coefficient (Wildman–Crippen LogP) is 4.28. The van der Waals surface area contributed by atoms with Crippen molar-refractivity contribution in [2.75, 3.05) is 6.54 Å². The maximum absolute atomic E-state index is 12.7. The Morgan fingerprint density at radius 1 is 1.22 bits per heavy atom.